The zero-order chi connectivity index (χ0) is 22.0. The number of rotatable bonds is 5. The summed E-state index contributed by atoms with van der Waals surface area (Å²) in [6, 6.07) is 7.03. The van der Waals surface area contributed by atoms with Crippen molar-refractivity contribution in [3.8, 4) is 22.9 Å². The molecule has 0 radical (unpaired) electrons. The summed E-state index contributed by atoms with van der Waals surface area (Å²) in [5.41, 5.74) is 6.37. The van der Waals surface area contributed by atoms with E-state index in [1.54, 1.807) is 6.92 Å². The van der Waals surface area contributed by atoms with Crippen molar-refractivity contribution in [2.45, 2.75) is 13.0 Å². The van der Waals surface area contributed by atoms with E-state index in [1.165, 1.54) is 43.2 Å². The number of methoxy groups -OCH3 is 1. The minimum atomic E-state index is -0.807. The van der Waals surface area contributed by atoms with Crippen LogP contribution in [-0.4, -0.2) is 27.8 Å². The molecule has 10 heteroatoms. The van der Waals surface area contributed by atoms with Crippen molar-refractivity contribution >= 4 is 11.8 Å². The maximum Gasteiger partial charge on any atom is 0.338 e. The van der Waals surface area contributed by atoms with Crippen LogP contribution in [0.1, 0.15) is 34.6 Å². The first-order chi connectivity index (χ1) is 14.3. The minimum absolute atomic E-state index is 0.0208. The van der Waals surface area contributed by atoms with E-state index >= 15 is 0 Å². The van der Waals surface area contributed by atoms with Crippen LogP contribution < -0.4 is 16.0 Å². The lowest BCUT2D eigenvalue weighted by molar-refractivity contribution is 0.0595. The van der Waals surface area contributed by atoms with Crippen LogP contribution in [-0.2, 0) is 11.8 Å². The Morgan fingerprint density at radius 2 is 2.13 bits per heavy atom. The van der Waals surface area contributed by atoms with Gasteiger partial charge < -0.3 is 15.2 Å². The lowest BCUT2D eigenvalue weighted by atomic mass is 10.0. The highest BCUT2D eigenvalue weighted by Crippen LogP contribution is 2.32. The van der Waals surface area contributed by atoms with Crippen molar-refractivity contribution in [2.75, 3.05) is 12.8 Å². The number of halogens is 1. The highest BCUT2D eigenvalue weighted by Gasteiger charge is 2.21. The van der Waals surface area contributed by atoms with Gasteiger partial charge in [-0.15, -0.1) is 0 Å². The predicted molar refractivity (Wildman–Crippen MR) is 105 cm³/mol. The molecule has 2 aromatic heterocycles. The van der Waals surface area contributed by atoms with Gasteiger partial charge in [0.15, 0.2) is 11.6 Å². The zero-order valence-corrected chi connectivity index (χ0v) is 16.4. The quantitative estimate of drug-likeness (QED) is 0.615. The summed E-state index contributed by atoms with van der Waals surface area (Å²) in [6.07, 6.45) is 0.541. The Labute approximate surface area is 170 Å². The first kappa shape index (κ1) is 20.6. The molecule has 0 amide bonds. The molecule has 0 saturated carbocycles. The van der Waals surface area contributed by atoms with Crippen LogP contribution in [0.5, 0.6) is 5.75 Å². The van der Waals surface area contributed by atoms with E-state index in [0.717, 1.165) is 6.07 Å². The summed E-state index contributed by atoms with van der Waals surface area (Å²) in [6.45, 7) is 1.60. The van der Waals surface area contributed by atoms with Gasteiger partial charge in [0.2, 0.25) is 0 Å². The number of H-pyrrole nitrogens is 1. The van der Waals surface area contributed by atoms with Crippen molar-refractivity contribution in [3.05, 3.63) is 63.5 Å². The second-order valence-corrected chi connectivity index (χ2v) is 6.43. The van der Waals surface area contributed by atoms with Crippen LogP contribution in [0.15, 0.2) is 35.3 Å². The lowest BCUT2D eigenvalue weighted by Crippen LogP contribution is -2.13. The fraction of sp³-hybridized carbons (Fsp3) is 0.200. The number of aromatic nitrogens is 3. The van der Waals surface area contributed by atoms with E-state index in [4.69, 9.17) is 15.2 Å². The maximum absolute atomic E-state index is 13.8. The van der Waals surface area contributed by atoms with Gasteiger partial charge in [0.25, 0.3) is 5.56 Å². The molecule has 0 aliphatic heterocycles. The van der Waals surface area contributed by atoms with Gasteiger partial charge in [0, 0.05) is 24.4 Å². The van der Waals surface area contributed by atoms with Crippen molar-refractivity contribution in [1.29, 1.82) is 5.26 Å². The number of nitrogens with two attached hydrogens (primary N) is 1. The molecule has 0 fully saturated rings. The minimum Gasteiger partial charge on any atom is -0.482 e. The van der Waals surface area contributed by atoms with Crippen LogP contribution >= 0.6 is 0 Å². The molecule has 0 unspecified atom stereocenters. The number of nitrogens with zero attached hydrogens (tertiary/aromatic N) is 3. The van der Waals surface area contributed by atoms with E-state index in [1.807, 2.05) is 6.07 Å². The maximum atomic E-state index is 13.8. The van der Waals surface area contributed by atoms with E-state index in [2.05, 4.69) is 10.1 Å². The molecule has 1 aromatic carbocycles. The Hall–Kier alpha value is -4.13. The molecule has 154 valence electrons. The number of carbonyl (C=O) groups is 1. The Balaban J connectivity index is 2.03. The molecule has 2 heterocycles. The Morgan fingerprint density at radius 3 is 2.80 bits per heavy atom. The summed E-state index contributed by atoms with van der Waals surface area (Å²) < 4.78 is 25.7. The average molecular weight is 411 g/mol. The molecule has 0 saturated heterocycles. The molecule has 0 aliphatic rings. The molecule has 0 bridgehead atoms. The molecular weight excluding hydrogens is 393 g/mol. The Morgan fingerprint density at radius 1 is 1.40 bits per heavy atom. The van der Waals surface area contributed by atoms with Crippen LogP contribution in [0.4, 0.5) is 10.2 Å². The number of ether oxygens (including phenoxy) is 2. The second-order valence-electron chi connectivity index (χ2n) is 6.43. The van der Waals surface area contributed by atoms with E-state index in [-0.39, 0.29) is 34.0 Å². The van der Waals surface area contributed by atoms with E-state index < -0.39 is 23.4 Å². The largest absolute Gasteiger partial charge is 0.482 e. The van der Waals surface area contributed by atoms with Gasteiger partial charge in [-0.3, -0.25) is 14.6 Å². The number of nitriles is 1. The van der Waals surface area contributed by atoms with Gasteiger partial charge in [-0.2, -0.15) is 5.26 Å². The molecule has 0 spiro atoms. The number of esters is 1. The Bertz CT molecular complexity index is 1220. The summed E-state index contributed by atoms with van der Waals surface area (Å²) in [5.74, 6) is -1.07. The number of hydrogen-bond donors (Lipinski definition) is 2. The van der Waals surface area contributed by atoms with Crippen LogP contribution in [0, 0.1) is 17.1 Å². The van der Waals surface area contributed by atoms with Crippen molar-refractivity contribution < 1.29 is 18.7 Å². The molecule has 30 heavy (non-hydrogen) atoms. The number of pyridine rings is 1. The van der Waals surface area contributed by atoms with Gasteiger partial charge in [-0.1, -0.05) is 0 Å². The molecular formula is C20H18FN5O4. The summed E-state index contributed by atoms with van der Waals surface area (Å²) in [4.78, 5) is 28.3. The predicted octanol–water partition coefficient (Wildman–Crippen LogP) is 2.29. The van der Waals surface area contributed by atoms with Gasteiger partial charge in [-0.05, 0) is 31.2 Å². The van der Waals surface area contributed by atoms with E-state index in [0.29, 0.717) is 5.56 Å². The standard InChI is InChI=1S/C20H18FN5O4/c1-10(14-7-12(21)4-5-13(14)20(28)29-3)30-16-6-11(9-24-18(16)23)17-15(8-22)26(2)25-19(17)27/h4-7,9-10H,1-3H3,(H2,23,24)(H,25,27)/t10-/m1/s1. The van der Waals surface area contributed by atoms with E-state index in [9.17, 15) is 19.2 Å². The fourth-order valence-electron chi connectivity index (χ4n) is 3.04. The molecule has 3 rings (SSSR count). The monoisotopic (exact) mass is 411 g/mol. The smallest absolute Gasteiger partial charge is 0.338 e. The molecule has 9 nitrogen and oxygen atoms in total. The number of nitrogens with one attached hydrogen (secondary N) is 1. The fourth-order valence-corrected chi connectivity index (χ4v) is 3.04. The number of hydrogen-bond acceptors (Lipinski definition) is 7. The summed E-state index contributed by atoms with van der Waals surface area (Å²) >= 11 is 0. The number of anilines is 1. The highest BCUT2D eigenvalue weighted by atomic mass is 19.1. The number of benzene rings is 1. The van der Waals surface area contributed by atoms with Crippen molar-refractivity contribution in [1.82, 2.24) is 14.8 Å². The first-order valence-corrected chi connectivity index (χ1v) is 8.76. The average Bonchev–Trinajstić information content (AvgIpc) is 3.01. The molecule has 3 N–H and O–H groups in total. The molecule has 3 aromatic rings. The third-order valence-electron chi connectivity index (χ3n) is 4.51. The van der Waals surface area contributed by atoms with Gasteiger partial charge in [0.1, 0.15) is 23.7 Å². The number of nitrogen functional groups attached to an aromatic ring is 1. The third kappa shape index (κ3) is 3.73. The summed E-state index contributed by atoms with van der Waals surface area (Å²) in [5, 5.41) is 11.8. The summed E-state index contributed by atoms with van der Waals surface area (Å²) in [7, 11) is 2.75. The van der Waals surface area contributed by atoms with Crippen LogP contribution in [0.3, 0.4) is 0 Å². The van der Waals surface area contributed by atoms with Crippen molar-refractivity contribution in [3.63, 3.8) is 0 Å². The first-order valence-electron chi connectivity index (χ1n) is 8.76. The van der Waals surface area contributed by atoms with Gasteiger partial charge in [0.05, 0.1) is 18.2 Å². The highest BCUT2D eigenvalue weighted by molar-refractivity contribution is 5.91. The SMILES string of the molecule is COC(=O)c1ccc(F)cc1[C@@H](C)Oc1cc(-c2c(C#N)n(C)[nH]c2=O)cnc1N. The zero-order valence-electron chi connectivity index (χ0n) is 16.4. The third-order valence-corrected chi connectivity index (χ3v) is 4.51. The van der Waals surface area contributed by atoms with Gasteiger partial charge >= 0.3 is 5.97 Å². The second kappa shape index (κ2) is 8.08. The number of carbonyl (C=O) groups excluding carboxylic acids is 1. The number of aryl methyl sites for hydroxylation is 1. The van der Waals surface area contributed by atoms with Crippen molar-refractivity contribution in [2.24, 2.45) is 7.05 Å². The lowest BCUT2D eigenvalue weighted by Gasteiger charge is -2.19. The number of aromatic amines is 1. The van der Waals surface area contributed by atoms with Crippen LogP contribution in [0.2, 0.25) is 0 Å². The molecule has 1 atom stereocenters. The van der Waals surface area contributed by atoms with Crippen LogP contribution in [0.25, 0.3) is 11.1 Å². The molecule has 0 aliphatic carbocycles. The van der Waals surface area contributed by atoms with Gasteiger partial charge in [-0.25, -0.2) is 14.2 Å². The topological polar surface area (TPSA) is 136 Å². The normalized spacial score (nSPS) is 11.6. The Kier molecular flexibility index (Phi) is 5.55.